The van der Waals surface area contributed by atoms with Crippen LogP contribution in [0.15, 0.2) is 72.8 Å². The van der Waals surface area contributed by atoms with Gasteiger partial charge in [0.05, 0.1) is 18.1 Å². The molecule has 3 rings (SSSR count). The molecule has 0 fully saturated rings. The standard InChI is InChI=1S/C22H17ClN2O2/c23-20-7-3-1-5-17(20)15-27-21-8-4-2-6-19(21)22(26)25-18-11-9-16(10-12-18)13-14-24/h1-12H,13,15H2,(H,25,26). The molecule has 0 bridgehead atoms. The molecule has 0 aliphatic heterocycles. The molecule has 134 valence electrons. The molecule has 0 atom stereocenters. The highest BCUT2D eigenvalue weighted by atomic mass is 35.5. The van der Waals surface area contributed by atoms with Crippen molar-refractivity contribution >= 4 is 23.2 Å². The maximum absolute atomic E-state index is 12.7. The normalized spacial score (nSPS) is 10.1. The lowest BCUT2D eigenvalue weighted by Crippen LogP contribution is -2.13. The highest BCUT2D eigenvalue weighted by Crippen LogP contribution is 2.23. The summed E-state index contributed by atoms with van der Waals surface area (Å²) in [5.41, 5.74) is 2.84. The Morgan fingerprint density at radius 1 is 1.00 bits per heavy atom. The number of nitrogens with zero attached hydrogens (tertiary/aromatic N) is 1. The molecule has 0 aromatic heterocycles. The van der Waals surface area contributed by atoms with Crippen LogP contribution in [0.1, 0.15) is 21.5 Å². The predicted octanol–water partition coefficient (Wildman–Crippen LogP) is 5.24. The summed E-state index contributed by atoms with van der Waals surface area (Å²) in [5, 5.41) is 12.2. The van der Waals surface area contributed by atoms with E-state index in [1.54, 1.807) is 36.4 Å². The fraction of sp³-hybridized carbons (Fsp3) is 0.0909. The smallest absolute Gasteiger partial charge is 0.259 e. The van der Waals surface area contributed by atoms with Gasteiger partial charge in [-0.2, -0.15) is 5.26 Å². The van der Waals surface area contributed by atoms with Gasteiger partial charge in [-0.25, -0.2) is 0 Å². The topological polar surface area (TPSA) is 62.1 Å². The van der Waals surface area contributed by atoms with Crippen LogP contribution in [0.25, 0.3) is 0 Å². The van der Waals surface area contributed by atoms with Gasteiger partial charge in [0.15, 0.2) is 0 Å². The molecule has 0 aliphatic carbocycles. The number of rotatable bonds is 6. The van der Waals surface area contributed by atoms with Gasteiger partial charge in [-0.1, -0.05) is 54.1 Å². The zero-order chi connectivity index (χ0) is 19.1. The number of carbonyl (C=O) groups excluding carboxylic acids is 1. The molecule has 27 heavy (non-hydrogen) atoms. The minimum absolute atomic E-state index is 0.266. The lowest BCUT2D eigenvalue weighted by atomic mass is 10.1. The molecule has 0 saturated heterocycles. The van der Waals surface area contributed by atoms with Gasteiger partial charge in [0.25, 0.3) is 5.91 Å². The van der Waals surface area contributed by atoms with Crippen molar-refractivity contribution in [2.24, 2.45) is 0 Å². The molecule has 0 unspecified atom stereocenters. The molecule has 3 aromatic carbocycles. The van der Waals surface area contributed by atoms with E-state index >= 15 is 0 Å². The molecule has 0 heterocycles. The zero-order valence-electron chi connectivity index (χ0n) is 14.5. The number of para-hydroxylation sites is 1. The van der Waals surface area contributed by atoms with E-state index in [4.69, 9.17) is 21.6 Å². The summed E-state index contributed by atoms with van der Waals surface area (Å²) in [4.78, 5) is 12.7. The Kier molecular flexibility index (Phi) is 6.09. The quantitative estimate of drug-likeness (QED) is 0.640. The number of nitrogens with one attached hydrogen (secondary N) is 1. The zero-order valence-corrected chi connectivity index (χ0v) is 15.2. The van der Waals surface area contributed by atoms with E-state index in [-0.39, 0.29) is 12.5 Å². The first-order chi connectivity index (χ1) is 13.2. The second-order valence-electron chi connectivity index (χ2n) is 5.86. The Labute approximate surface area is 163 Å². The summed E-state index contributed by atoms with van der Waals surface area (Å²) in [6.07, 6.45) is 0.340. The molecule has 0 spiro atoms. The third-order valence-corrected chi connectivity index (χ3v) is 4.34. The average molecular weight is 377 g/mol. The maximum atomic E-state index is 12.7. The third kappa shape index (κ3) is 4.87. The number of hydrogen-bond acceptors (Lipinski definition) is 3. The summed E-state index contributed by atoms with van der Waals surface area (Å²) < 4.78 is 5.83. The van der Waals surface area contributed by atoms with Gasteiger partial charge in [-0.3, -0.25) is 4.79 Å². The second-order valence-corrected chi connectivity index (χ2v) is 6.27. The number of nitriles is 1. The van der Waals surface area contributed by atoms with E-state index in [0.29, 0.717) is 28.4 Å². The van der Waals surface area contributed by atoms with Crippen LogP contribution in [0.4, 0.5) is 5.69 Å². The first-order valence-electron chi connectivity index (χ1n) is 8.40. The van der Waals surface area contributed by atoms with Crippen LogP contribution in [0, 0.1) is 11.3 Å². The lowest BCUT2D eigenvalue weighted by Gasteiger charge is -2.12. The first kappa shape index (κ1) is 18.5. The summed E-state index contributed by atoms with van der Waals surface area (Å²) in [6.45, 7) is 0.271. The van der Waals surface area contributed by atoms with Crippen molar-refractivity contribution in [1.82, 2.24) is 0 Å². The highest BCUT2D eigenvalue weighted by molar-refractivity contribution is 6.31. The third-order valence-electron chi connectivity index (χ3n) is 3.97. The molecule has 5 heteroatoms. The van der Waals surface area contributed by atoms with E-state index in [1.165, 1.54) is 0 Å². The van der Waals surface area contributed by atoms with Gasteiger partial charge in [0.2, 0.25) is 0 Å². The summed E-state index contributed by atoms with van der Waals surface area (Å²) >= 11 is 6.16. The van der Waals surface area contributed by atoms with Crippen LogP contribution in [0.3, 0.4) is 0 Å². The predicted molar refractivity (Wildman–Crippen MR) is 106 cm³/mol. The highest BCUT2D eigenvalue weighted by Gasteiger charge is 2.13. The molecule has 4 nitrogen and oxygen atoms in total. The largest absolute Gasteiger partial charge is 0.488 e. The second kappa shape index (κ2) is 8.88. The minimum Gasteiger partial charge on any atom is -0.488 e. The number of ether oxygens (including phenoxy) is 1. The van der Waals surface area contributed by atoms with E-state index < -0.39 is 0 Å². The van der Waals surface area contributed by atoms with Crippen LogP contribution in [0.5, 0.6) is 5.75 Å². The lowest BCUT2D eigenvalue weighted by molar-refractivity contribution is 0.102. The Morgan fingerprint density at radius 3 is 2.44 bits per heavy atom. The number of anilines is 1. The van der Waals surface area contributed by atoms with Crippen molar-refractivity contribution in [3.05, 3.63) is 94.5 Å². The van der Waals surface area contributed by atoms with E-state index in [9.17, 15) is 4.79 Å². The number of amides is 1. The van der Waals surface area contributed by atoms with Gasteiger partial charge < -0.3 is 10.1 Å². The van der Waals surface area contributed by atoms with Crippen LogP contribution in [-0.2, 0) is 13.0 Å². The van der Waals surface area contributed by atoms with Crippen molar-refractivity contribution in [3.63, 3.8) is 0 Å². The molecule has 0 radical (unpaired) electrons. The van der Waals surface area contributed by atoms with Gasteiger partial charge in [-0.05, 0) is 35.9 Å². The Hall–Kier alpha value is -3.29. The first-order valence-corrected chi connectivity index (χ1v) is 8.77. The molecular weight excluding hydrogens is 360 g/mol. The fourth-order valence-electron chi connectivity index (χ4n) is 2.55. The SMILES string of the molecule is N#CCc1ccc(NC(=O)c2ccccc2OCc2ccccc2Cl)cc1. The van der Waals surface area contributed by atoms with Gasteiger partial charge in [0, 0.05) is 16.3 Å². The fourth-order valence-corrected chi connectivity index (χ4v) is 2.74. The molecule has 0 aliphatic rings. The minimum atomic E-state index is -0.266. The summed E-state index contributed by atoms with van der Waals surface area (Å²) in [6, 6.07) is 23.8. The Balaban J connectivity index is 1.72. The maximum Gasteiger partial charge on any atom is 0.259 e. The van der Waals surface area contributed by atoms with E-state index in [1.807, 2.05) is 36.4 Å². The van der Waals surface area contributed by atoms with Crippen molar-refractivity contribution < 1.29 is 9.53 Å². The van der Waals surface area contributed by atoms with Crippen LogP contribution < -0.4 is 10.1 Å². The number of hydrogen-bond donors (Lipinski definition) is 1. The van der Waals surface area contributed by atoms with Crippen molar-refractivity contribution in [1.29, 1.82) is 5.26 Å². The average Bonchev–Trinajstić information content (AvgIpc) is 2.69. The molecule has 1 N–H and O–H groups in total. The van der Waals surface area contributed by atoms with Gasteiger partial charge >= 0.3 is 0 Å². The van der Waals surface area contributed by atoms with E-state index in [0.717, 1.165) is 11.1 Å². The number of carbonyl (C=O) groups is 1. The van der Waals surface area contributed by atoms with Gasteiger partial charge in [-0.15, -0.1) is 0 Å². The van der Waals surface area contributed by atoms with Crippen molar-refractivity contribution in [2.45, 2.75) is 13.0 Å². The Bertz CT molecular complexity index is 978. The molecule has 1 amide bonds. The van der Waals surface area contributed by atoms with Crippen LogP contribution in [-0.4, -0.2) is 5.91 Å². The van der Waals surface area contributed by atoms with Crippen LogP contribution in [0.2, 0.25) is 5.02 Å². The monoisotopic (exact) mass is 376 g/mol. The van der Waals surface area contributed by atoms with Crippen LogP contribution >= 0.6 is 11.6 Å². The Morgan fingerprint density at radius 2 is 1.70 bits per heavy atom. The number of halogens is 1. The number of benzene rings is 3. The molecule has 3 aromatic rings. The van der Waals surface area contributed by atoms with Crippen molar-refractivity contribution in [2.75, 3.05) is 5.32 Å². The van der Waals surface area contributed by atoms with Crippen molar-refractivity contribution in [3.8, 4) is 11.8 Å². The molecule has 0 saturated carbocycles. The van der Waals surface area contributed by atoms with Gasteiger partial charge in [0.1, 0.15) is 12.4 Å². The summed E-state index contributed by atoms with van der Waals surface area (Å²) in [5.74, 6) is 0.216. The summed E-state index contributed by atoms with van der Waals surface area (Å²) in [7, 11) is 0. The van der Waals surface area contributed by atoms with E-state index in [2.05, 4.69) is 11.4 Å². The molecular formula is C22H17ClN2O2.